The molecular formula is C11H17NO4. The zero-order chi connectivity index (χ0) is 12.3. The van der Waals surface area contributed by atoms with Crippen LogP contribution in [0.2, 0.25) is 0 Å². The molecule has 5 heteroatoms. The summed E-state index contributed by atoms with van der Waals surface area (Å²) in [5, 5.41) is 21.0. The van der Waals surface area contributed by atoms with Gasteiger partial charge in [-0.3, -0.25) is 4.79 Å². The van der Waals surface area contributed by atoms with Crippen molar-refractivity contribution in [1.82, 2.24) is 5.32 Å². The first-order valence-corrected chi connectivity index (χ1v) is 5.27. The molecule has 90 valence electrons. The second-order valence-corrected chi connectivity index (χ2v) is 4.32. The van der Waals surface area contributed by atoms with Crippen molar-refractivity contribution in [1.29, 1.82) is 0 Å². The van der Waals surface area contributed by atoms with E-state index in [9.17, 15) is 14.7 Å². The highest BCUT2D eigenvalue weighted by Crippen LogP contribution is 2.30. The SMILES string of the molecule is CC(C(=O)O)=C(C)C(=O)NCC1(O)CCC1. The van der Waals surface area contributed by atoms with Gasteiger partial charge in [-0.2, -0.15) is 0 Å². The Hall–Kier alpha value is -1.36. The first-order valence-electron chi connectivity index (χ1n) is 5.27. The largest absolute Gasteiger partial charge is 0.478 e. The molecular weight excluding hydrogens is 210 g/mol. The molecule has 0 spiro atoms. The summed E-state index contributed by atoms with van der Waals surface area (Å²) in [6.07, 6.45) is 2.34. The molecule has 5 nitrogen and oxygen atoms in total. The number of carboxylic acids is 1. The van der Waals surface area contributed by atoms with E-state index in [-0.39, 0.29) is 17.7 Å². The maximum Gasteiger partial charge on any atom is 0.331 e. The molecule has 1 aliphatic rings. The molecule has 0 saturated heterocycles. The van der Waals surface area contributed by atoms with Crippen LogP contribution in [0.4, 0.5) is 0 Å². The molecule has 0 radical (unpaired) electrons. The predicted molar refractivity (Wildman–Crippen MR) is 57.8 cm³/mol. The van der Waals surface area contributed by atoms with Crippen molar-refractivity contribution in [3.63, 3.8) is 0 Å². The summed E-state index contributed by atoms with van der Waals surface area (Å²) in [6, 6.07) is 0. The molecule has 0 heterocycles. The summed E-state index contributed by atoms with van der Waals surface area (Å²) in [7, 11) is 0. The normalized spacial score (nSPS) is 19.4. The van der Waals surface area contributed by atoms with Crippen LogP contribution < -0.4 is 5.32 Å². The lowest BCUT2D eigenvalue weighted by Crippen LogP contribution is -2.48. The van der Waals surface area contributed by atoms with E-state index in [1.807, 2.05) is 0 Å². The van der Waals surface area contributed by atoms with Gasteiger partial charge in [-0.25, -0.2) is 4.79 Å². The molecule has 1 amide bonds. The molecule has 0 aromatic rings. The Morgan fingerprint density at radius 2 is 1.81 bits per heavy atom. The highest BCUT2D eigenvalue weighted by atomic mass is 16.4. The highest BCUT2D eigenvalue weighted by Gasteiger charge is 2.34. The summed E-state index contributed by atoms with van der Waals surface area (Å²) in [6.45, 7) is 3.04. The van der Waals surface area contributed by atoms with Gasteiger partial charge >= 0.3 is 5.97 Å². The molecule has 16 heavy (non-hydrogen) atoms. The monoisotopic (exact) mass is 227 g/mol. The number of hydrogen-bond donors (Lipinski definition) is 3. The summed E-state index contributed by atoms with van der Waals surface area (Å²) < 4.78 is 0. The summed E-state index contributed by atoms with van der Waals surface area (Å²) in [5.41, 5.74) is -0.582. The van der Waals surface area contributed by atoms with Gasteiger partial charge in [-0.1, -0.05) is 0 Å². The Kier molecular flexibility index (Phi) is 3.70. The van der Waals surface area contributed by atoms with Gasteiger partial charge in [0.15, 0.2) is 0 Å². The van der Waals surface area contributed by atoms with Crippen LogP contribution in [0.1, 0.15) is 33.1 Å². The van der Waals surface area contributed by atoms with E-state index >= 15 is 0 Å². The van der Waals surface area contributed by atoms with Crippen molar-refractivity contribution < 1.29 is 19.8 Å². The Morgan fingerprint density at radius 3 is 2.19 bits per heavy atom. The molecule has 1 aliphatic carbocycles. The minimum atomic E-state index is -1.10. The second-order valence-electron chi connectivity index (χ2n) is 4.32. The molecule has 0 atom stereocenters. The minimum Gasteiger partial charge on any atom is -0.478 e. The highest BCUT2D eigenvalue weighted by molar-refractivity contribution is 6.01. The molecule has 0 aromatic carbocycles. The third kappa shape index (κ3) is 2.82. The van der Waals surface area contributed by atoms with E-state index in [2.05, 4.69) is 5.32 Å². The van der Waals surface area contributed by atoms with Crippen LogP contribution in [0.15, 0.2) is 11.1 Å². The molecule has 1 saturated carbocycles. The first kappa shape index (κ1) is 12.7. The first-order chi connectivity index (χ1) is 7.36. The molecule has 3 N–H and O–H groups in total. The number of hydrogen-bond acceptors (Lipinski definition) is 3. The molecule has 1 fully saturated rings. The number of nitrogens with one attached hydrogen (secondary N) is 1. The van der Waals surface area contributed by atoms with Crippen molar-refractivity contribution >= 4 is 11.9 Å². The standard InChI is InChI=1S/C11H17NO4/c1-7(8(2)10(14)15)9(13)12-6-11(16)4-3-5-11/h16H,3-6H2,1-2H3,(H,12,13)(H,14,15). The van der Waals surface area contributed by atoms with E-state index in [1.54, 1.807) is 0 Å². The number of aliphatic carboxylic acids is 1. The van der Waals surface area contributed by atoms with Crippen LogP contribution in [-0.4, -0.2) is 34.2 Å². The zero-order valence-corrected chi connectivity index (χ0v) is 9.54. The zero-order valence-electron chi connectivity index (χ0n) is 9.54. The third-order valence-corrected chi connectivity index (χ3v) is 3.09. The fourth-order valence-electron chi connectivity index (χ4n) is 1.47. The lowest BCUT2D eigenvalue weighted by molar-refractivity contribution is -0.133. The number of carboxylic acid groups (broad SMARTS) is 1. The lowest BCUT2D eigenvalue weighted by atomic mass is 9.80. The summed E-state index contributed by atoms with van der Waals surface area (Å²) >= 11 is 0. The maximum atomic E-state index is 11.5. The Labute approximate surface area is 94.2 Å². The van der Waals surface area contributed by atoms with E-state index < -0.39 is 17.5 Å². The van der Waals surface area contributed by atoms with Crippen LogP contribution >= 0.6 is 0 Å². The van der Waals surface area contributed by atoms with Gasteiger partial charge in [0, 0.05) is 17.7 Å². The number of carbonyl (C=O) groups is 2. The summed E-state index contributed by atoms with van der Waals surface area (Å²) in [5.74, 6) is -1.53. The number of carbonyl (C=O) groups excluding carboxylic acids is 1. The lowest BCUT2D eigenvalue weighted by Gasteiger charge is -2.36. The molecule has 0 aliphatic heterocycles. The second kappa shape index (κ2) is 4.65. The fourth-order valence-corrected chi connectivity index (χ4v) is 1.47. The summed E-state index contributed by atoms with van der Waals surface area (Å²) in [4.78, 5) is 22.2. The van der Waals surface area contributed by atoms with Gasteiger partial charge < -0.3 is 15.5 Å². The van der Waals surface area contributed by atoms with E-state index in [0.717, 1.165) is 6.42 Å². The number of amides is 1. The van der Waals surface area contributed by atoms with E-state index in [1.165, 1.54) is 13.8 Å². The van der Waals surface area contributed by atoms with E-state index in [0.29, 0.717) is 12.8 Å². The quantitative estimate of drug-likeness (QED) is 0.608. The minimum absolute atomic E-state index is 0.0260. The average Bonchev–Trinajstić information content (AvgIpc) is 2.20. The smallest absolute Gasteiger partial charge is 0.331 e. The van der Waals surface area contributed by atoms with Gasteiger partial charge in [0.2, 0.25) is 5.91 Å². The van der Waals surface area contributed by atoms with Crippen molar-refractivity contribution in [3.8, 4) is 0 Å². The van der Waals surface area contributed by atoms with Crippen LogP contribution in [0, 0.1) is 0 Å². The van der Waals surface area contributed by atoms with Gasteiger partial charge in [0.05, 0.1) is 5.60 Å². The van der Waals surface area contributed by atoms with Crippen LogP contribution in [-0.2, 0) is 9.59 Å². The van der Waals surface area contributed by atoms with Crippen molar-refractivity contribution in [2.45, 2.75) is 38.7 Å². The third-order valence-electron chi connectivity index (χ3n) is 3.09. The Balaban J connectivity index is 2.52. The van der Waals surface area contributed by atoms with E-state index in [4.69, 9.17) is 5.11 Å². The molecule has 1 rings (SSSR count). The maximum absolute atomic E-state index is 11.5. The Bertz CT molecular complexity index is 342. The van der Waals surface area contributed by atoms with Crippen molar-refractivity contribution in [3.05, 3.63) is 11.1 Å². The average molecular weight is 227 g/mol. The van der Waals surface area contributed by atoms with Crippen molar-refractivity contribution in [2.75, 3.05) is 6.54 Å². The van der Waals surface area contributed by atoms with Gasteiger partial charge in [0.1, 0.15) is 0 Å². The predicted octanol–water partition coefficient (Wildman–Crippen LogP) is 0.439. The molecule has 0 unspecified atom stereocenters. The van der Waals surface area contributed by atoms with Crippen molar-refractivity contribution in [2.24, 2.45) is 0 Å². The number of aliphatic hydroxyl groups is 1. The van der Waals surface area contributed by atoms with Crippen LogP contribution in [0.25, 0.3) is 0 Å². The van der Waals surface area contributed by atoms with Crippen LogP contribution in [0.5, 0.6) is 0 Å². The number of rotatable bonds is 4. The Morgan fingerprint density at radius 1 is 1.25 bits per heavy atom. The fraction of sp³-hybridized carbons (Fsp3) is 0.636. The van der Waals surface area contributed by atoms with Gasteiger partial charge in [0.25, 0.3) is 0 Å². The molecule has 0 aromatic heterocycles. The van der Waals surface area contributed by atoms with Crippen LogP contribution in [0.3, 0.4) is 0 Å². The topological polar surface area (TPSA) is 86.6 Å². The van der Waals surface area contributed by atoms with Gasteiger partial charge in [-0.15, -0.1) is 0 Å². The van der Waals surface area contributed by atoms with Gasteiger partial charge in [-0.05, 0) is 33.1 Å². The molecule has 0 bridgehead atoms.